The Hall–Kier alpha value is -0.570. The van der Waals surface area contributed by atoms with E-state index in [0.717, 1.165) is 5.02 Å². The quantitative estimate of drug-likeness (QED) is 0.748. The number of benzene rings is 1. The molecule has 1 nitrogen and oxygen atoms in total. The van der Waals surface area contributed by atoms with Crippen molar-refractivity contribution in [2.24, 2.45) is 5.73 Å². The summed E-state index contributed by atoms with van der Waals surface area (Å²) < 4.78 is 1.21. The molecule has 0 radical (unpaired) electrons. The molecule has 0 aliphatic heterocycles. The van der Waals surface area contributed by atoms with Gasteiger partial charge in [-0.15, -0.1) is 11.3 Å². The van der Waals surface area contributed by atoms with E-state index in [2.05, 4.69) is 6.07 Å². The lowest BCUT2D eigenvalue weighted by Crippen LogP contribution is -1.90. The molecule has 3 heteroatoms. The van der Waals surface area contributed by atoms with Crippen LogP contribution in [0.25, 0.3) is 10.1 Å². The van der Waals surface area contributed by atoms with Crippen molar-refractivity contribution < 1.29 is 0 Å². The summed E-state index contributed by atoms with van der Waals surface area (Å²) in [5, 5.41) is 2.01. The molecule has 12 heavy (non-hydrogen) atoms. The zero-order valence-electron chi connectivity index (χ0n) is 6.38. The Balaban J connectivity index is 2.67. The SMILES string of the molecule is NCc1cc2ccc(Cl)cc2s1. The molecule has 0 unspecified atom stereocenters. The lowest BCUT2D eigenvalue weighted by molar-refractivity contribution is 1.11. The topological polar surface area (TPSA) is 26.0 Å². The highest BCUT2D eigenvalue weighted by Gasteiger charge is 1.99. The third-order valence-corrected chi connectivity index (χ3v) is 3.09. The molecule has 2 N–H and O–H groups in total. The van der Waals surface area contributed by atoms with Crippen molar-refractivity contribution >= 4 is 33.0 Å². The van der Waals surface area contributed by atoms with E-state index in [-0.39, 0.29) is 0 Å². The van der Waals surface area contributed by atoms with Crippen LogP contribution in [0.15, 0.2) is 24.3 Å². The molecule has 0 saturated heterocycles. The Kier molecular flexibility index (Phi) is 2.05. The van der Waals surface area contributed by atoms with Crippen LogP contribution in [0.5, 0.6) is 0 Å². The predicted molar refractivity (Wildman–Crippen MR) is 54.7 cm³/mol. The van der Waals surface area contributed by atoms with E-state index in [1.165, 1.54) is 15.0 Å². The second-order valence-corrected chi connectivity index (χ2v) is 4.20. The highest BCUT2D eigenvalue weighted by atomic mass is 35.5. The number of hydrogen-bond acceptors (Lipinski definition) is 2. The summed E-state index contributed by atoms with van der Waals surface area (Å²) in [6.07, 6.45) is 0. The number of thiophene rings is 1. The Morgan fingerprint density at radius 2 is 2.17 bits per heavy atom. The van der Waals surface area contributed by atoms with Crippen LogP contribution in [-0.2, 0) is 6.54 Å². The van der Waals surface area contributed by atoms with Crippen LogP contribution in [0, 0.1) is 0 Å². The smallest absolute Gasteiger partial charge is 0.0420 e. The van der Waals surface area contributed by atoms with Gasteiger partial charge in [0.25, 0.3) is 0 Å². The van der Waals surface area contributed by atoms with Crippen LogP contribution >= 0.6 is 22.9 Å². The van der Waals surface area contributed by atoms with Crippen LogP contribution < -0.4 is 5.73 Å². The van der Waals surface area contributed by atoms with E-state index in [0.29, 0.717) is 6.54 Å². The van der Waals surface area contributed by atoms with Gasteiger partial charge in [-0.3, -0.25) is 0 Å². The maximum Gasteiger partial charge on any atom is 0.0420 e. The third kappa shape index (κ3) is 1.33. The van der Waals surface area contributed by atoms with Crippen molar-refractivity contribution in [2.75, 3.05) is 0 Å². The van der Waals surface area contributed by atoms with E-state index in [1.54, 1.807) is 11.3 Å². The van der Waals surface area contributed by atoms with Gasteiger partial charge < -0.3 is 5.73 Å². The Labute approximate surface area is 79.8 Å². The van der Waals surface area contributed by atoms with Gasteiger partial charge in [-0.25, -0.2) is 0 Å². The lowest BCUT2D eigenvalue weighted by Gasteiger charge is -1.88. The Morgan fingerprint density at radius 1 is 1.33 bits per heavy atom. The maximum absolute atomic E-state index is 5.85. The van der Waals surface area contributed by atoms with Crippen LogP contribution in [0.3, 0.4) is 0 Å². The number of halogens is 1. The molecule has 0 saturated carbocycles. The van der Waals surface area contributed by atoms with Gasteiger partial charge >= 0.3 is 0 Å². The summed E-state index contributed by atoms with van der Waals surface area (Å²) in [6.45, 7) is 0.608. The van der Waals surface area contributed by atoms with E-state index < -0.39 is 0 Å². The fourth-order valence-electron chi connectivity index (χ4n) is 1.16. The minimum Gasteiger partial charge on any atom is -0.326 e. The minimum absolute atomic E-state index is 0.608. The summed E-state index contributed by atoms with van der Waals surface area (Å²) in [5.74, 6) is 0. The molecule has 0 aliphatic carbocycles. The van der Waals surface area contributed by atoms with Gasteiger partial charge in [0, 0.05) is 21.1 Å². The Bertz CT molecular complexity index is 408. The lowest BCUT2D eigenvalue weighted by atomic mass is 10.2. The van der Waals surface area contributed by atoms with Gasteiger partial charge in [0.2, 0.25) is 0 Å². The Morgan fingerprint density at radius 3 is 2.92 bits per heavy atom. The minimum atomic E-state index is 0.608. The van der Waals surface area contributed by atoms with Gasteiger partial charge in [0.05, 0.1) is 0 Å². The standard InChI is InChI=1S/C9H8ClNS/c10-7-2-1-6-3-8(5-11)12-9(6)4-7/h1-4H,5,11H2. The molecular formula is C9H8ClNS. The number of nitrogens with two attached hydrogens (primary N) is 1. The third-order valence-electron chi connectivity index (χ3n) is 1.73. The first-order valence-corrected chi connectivity index (χ1v) is 4.87. The largest absolute Gasteiger partial charge is 0.326 e. The van der Waals surface area contributed by atoms with Crippen molar-refractivity contribution in [1.29, 1.82) is 0 Å². The summed E-state index contributed by atoms with van der Waals surface area (Å²) in [6, 6.07) is 8.00. The first kappa shape index (κ1) is 8.05. The molecule has 0 aliphatic rings. The fourth-order valence-corrected chi connectivity index (χ4v) is 2.38. The molecule has 1 heterocycles. The molecule has 2 rings (SSSR count). The molecule has 1 aromatic heterocycles. The van der Waals surface area contributed by atoms with Gasteiger partial charge in [-0.1, -0.05) is 17.7 Å². The zero-order chi connectivity index (χ0) is 8.55. The van der Waals surface area contributed by atoms with Crippen LogP contribution in [-0.4, -0.2) is 0 Å². The van der Waals surface area contributed by atoms with Gasteiger partial charge in [-0.05, 0) is 23.6 Å². The summed E-state index contributed by atoms with van der Waals surface area (Å²) in [7, 11) is 0. The molecule has 0 atom stereocenters. The summed E-state index contributed by atoms with van der Waals surface area (Å²) in [5.41, 5.74) is 5.53. The molecule has 0 bridgehead atoms. The number of hydrogen-bond donors (Lipinski definition) is 1. The average molecular weight is 198 g/mol. The molecule has 2 aromatic rings. The second kappa shape index (κ2) is 3.05. The first-order valence-electron chi connectivity index (χ1n) is 3.67. The van der Waals surface area contributed by atoms with Crippen molar-refractivity contribution in [3.8, 4) is 0 Å². The van der Waals surface area contributed by atoms with E-state index in [4.69, 9.17) is 17.3 Å². The molecule has 1 aromatic carbocycles. The monoisotopic (exact) mass is 197 g/mol. The van der Waals surface area contributed by atoms with Crippen LogP contribution in [0.2, 0.25) is 5.02 Å². The average Bonchev–Trinajstić information content (AvgIpc) is 2.46. The van der Waals surface area contributed by atoms with Gasteiger partial charge in [-0.2, -0.15) is 0 Å². The molecule has 62 valence electrons. The molecule has 0 fully saturated rings. The van der Waals surface area contributed by atoms with Crippen molar-refractivity contribution in [3.63, 3.8) is 0 Å². The number of fused-ring (bicyclic) bond motifs is 1. The molecule has 0 amide bonds. The molecule has 0 spiro atoms. The van der Waals surface area contributed by atoms with Gasteiger partial charge in [0.1, 0.15) is 0 Å². The predicted octanol–water partition coefficient (Wildman–Crippen LogP) is 3.01. The van der Waals surface area contributed by atoms with Crippen LogP contribution in [0.4, 0.5) is 0 Å². The first-order chi connectivity index (χ1) is 5.79. The zero-order valence-corrected chi connectivity index (χ0v) is 7.95. The highest BCUT2D eigenvalue weighted by Crippen LogP contribution is 2.27. The van der Waals surface area contributed by atoms with Crippen molar-refractivity contribution in [3.05, 3.63) is 34.2 Å². The van der Waals surface area contributed by atoms with Crippen LogP contribution in [0.1, 0.15) is 4.88 Å². The molecular weight excluding hydrogens is 190 g/mol. The highest BCUT2D eigenvalue weighted by molar-refractivity contribution is 7.19. The second-order valence-electron chi connectivity index (χ2n) is 2.60. The fraction of sp³-hybridized carbons (Fsp3) is 0.111. The summed E-state index contributed by atoms with van der Waals surface area (Å²) >= 11 is 7.55. The van der Waals surface area contributed by atoms with Crippen molar-refractivity contribution in [1.82, 2.24) is 0 Å². The van der Waals surface area contributed by atoms with E-state index in [9.17, 15) is 0 Å². The van der Waals surface area contributed by atoms with E-state index >= 15 is 0 Å². The number of rotatable bonds is 1. The van der Waals surface area contributed by atoms with E-state index in [1.807, 2.05) is 18.2 Å². The normalized spacial score (nSPS) is 10.8. The van der Waals surface area contributed by atoms with Crippen molar-refractivity contribution in [2.45, 2.75) is 6.54 Å². The summed E-state index contributed by atoms with van der Waals surface area (Å²) in [4.78, 5) is 1.20. The van der Waals surface area contributed by atoms with Gasteiger partial charge in [0.15, 0.2) is 0 Å². The maximum atomic E-state index is 5.85.